The van der Waals surface area contributed by atoms with Crippen LogP contribution < -0.4 is 30.0 Å². The molecule has 0 bridgehead atoms. The Balaban J connectivity index is 0.000000162. The predicted octanol–water partition coefficient (Wildman–Crippen LogP) is 8.07. The number of ether oxygens (including phenoxy) is 4. The molecule has 0 saturated carbocycles. The predicted molar refractivity (Wildman–Crippen MR) is 173 cm³/mol. The summed E-state index contributed by atoms with van der Waals surface area (Å²) in [4.78, 5) is 12.7. The number of benzene rings is 4. The van der Waals surface area contributed by atoms with Gasteiger partial charge in [0.05, 0.1) is 4.88 Å². The number of carbonyl (C=O) groups is 1. The average molecular weight is 589 g/mol. The molecule has 1 aromatic heterocycles. The molecule has 0 unspecified atom stereocenters. The maximum Gasteiger partial charge on any atom is 0.265 e. The minimum atomic E-state index is -0.0846. The summed E-state index contributed by atoms with van der Waals surface area (Å²) in [5.74, 6) is 3.07. The van der Waals surface area contributed by atoms with Gasteiger partial charge in [0.15, 0.2) is 23.0 Å². The maximum atomic E-state index is 12.0. The highest BCUT2D eigenvalue weighted by atomic mass is 32.1. The largest absolute Gasteiger partial charge is 0.454 e. The smallest absolute Gasteiger partial charge is 0.265 e. The summed E-state index contributed by atoms with van der Waals surface area (Å²) in [6, 6.07) is 30.9. The molecule has 0 radical (unpaired) electrons. The quantitative estimate of drug-likeness (QED) is 0.154. The van der Waals surface area contributed by atoms with Crippen LogP contribution in [0.3, 0.4) is 0 Å². The van der Waals surface area contributed by atoms with Gasteiger partial charge in [0.1, 0.15) is 0 Å². The van der Waals surface area contributed by atoms with Crippen molar-refractivity contribution in [2.24, 2.45) is 0 Å². The summed E-state index contributed by atoms with van der Waals surface area (Å²) in [6.07, 6.45) is 8.11. The van der Waals surface area contributed by atoms with Crippen LogP contribution in [-0.2, 0) is 0 Å². The highest BCUT2D eigenvalue weighted by Crippen LogP contribution is 2.34. The van der Waals surface area contributed by atoms with Crippen molar-refractivity contribution in [3.05, 3.63) is 130 Å². The van der Waals surface area contributed by atoms with Gasteiger partial charge in [-0.1, -0.05) is 66.8 Å². The summed E-state index contributed by atoms with van der Waals surface area (Å²) in [6.45, 7) is 0.585. The van der Waals surface area contributed by atoms with Gasteiger partial charge in [-0.2, -0.15) is 0 Å². The molecular weight excluding hydrogens is 560 g/mol. The Bertz CT molecular complexity index is 1760. The Morgan fingerprint density at radius 2 is 1.12 bits per heavy atom. The van der Waals surface area contributed by atoms with Gasteiger partial charge in [-0.05, 0) is 82.2 Å². The molecule has 2 aliphatic heterocycles. The minimum absolute atomic E-state index is 0.0846. The molecule has 8 heteroatoms. The van der Waals surface area contributed by atoms with E-state index >= 15 is 0 Å². The second-order valence-corrected chi connectivity index (χ2v) is 10.6. The highest BCUT2D eigenvalue weighted by Gasteiger charge is 2.13. The molecule has 7 rings (SSSR count). The number of hydrogen-bond acceptors (Lipinski definition) is 7. The maximum absolute atomic E-state index is 12.0. The van der Waals surface area contributed by atoms with E-state index in [1.807, 2.05) is 127 Å². The standard InChI is InChI=1S/C20H15NO3S.C15H13NO2/c22-20(19-2-1-11-25-19)21-16-8-5-14(6-9-16)3-4-15-7-10-17-18(12-15)24-13-23-17;16-13-6-3-11(4-7-13)1-2-12-5-8-14-15(9-12)18-10-17-14/h1-12H,13H2,(H,21,22);1-9H,10,16H2/b4-3+;2-1+. The lowest BCUT2D eigenvalue weighted by atomic mass is 10.1. The van der Waals surface area contributed by atoms with Crippen molar-refractivity contribution >= 4 is 52.9 Å². The number of thiophene rings is 1. The third-order valence-corrected chi connectivity index (χ3v) is 7.45. The van der Waals surface area contributed by atoms with Crippen LogP contribution in [0, 0.1) is 0 Å². The van der Waals surface area contributed by atoms with Gasteiger partial charge in [0.2, 0.25) is 13.6 Å². The molecule has 3 N–H and O–H groups in total. The van der Waals surface area contributed by atoms with Gasteiger partial charge in [-0.3, -0.25) is 4.79 Å². The van der Waals surface area contributed by atoms with Crippen molar-refractivity contribution in [3.63, 3.8) is 0 Å². The number of nitrogens with two attached hydrogens (primary N) is 1. The van der Waals surface area contributed by atoms with E-state index in [9.17, 15) is 4.79 Å². The lowest BCUT2D eigenvalue weighted by Gasteiger charge is -2.04. The third kappa shape index (κ3) is 7.25. The van der Waals surface area contributed by atoms with E-state index in [4.69, 9.17) is 24.7 Å². The molecule has 214 valence electrons. The van der Waals surface area contributed by atoms with Gasteiger partial charge in [-0.25, -0.2) is 0 Å². The number of amides is 1. The second kappa shape index (κ2) is 13.0. The van der Waals surface area contributed by atoms with E-state index < -0.39 is 0 Å². The SMILES string of the molecule is Nc1ccc(/C=C/c2ccc3c(c2)OCO3)cc1.O=C(Nc1ccc(/C=C/c2ccc3c(c2)OCO3)cc1)c1cccs1. The molecular formula is C35H28N2O5S. The number of carbonyl (C=O) groups excluding carboxylic acids is 1. The van der Waals surface area contributed by atoms with Crippen molar-refractivity contribution in [2.75, 3.05) is 24.6 Å². The van der Waals surface area contributed by atoms with Gasteiger partial charge in [0.25, 0.3) is 5.91 Å². The van der Waals surface area contributed by atoms with Crippen LogP contribution in [0.4, 0.5) is 11.4 Å². The molecule has 3 heterocycles. The first-order chi connectivity index (χ1) is 21.1. The molecule has 2 aliphatic rings. The first-order valence-corrected chi connectivity index (χ1v) is 14.4. The van der Waals surface area contributed by atoms with Gasteiger partial charge < -0.3 is 30.0 Å². The molecule has 0 atom stereocenters. The average Bonchev–Trinajstić information content (AvgIpc) is 3.83. The number of anilines is 2. The van der Waals surface area contributed by atoms with Crippen molar-refractivity contribution in [1.82, 2.24) is 0 Å². The summed E-state index contributed by atoms with van der Waals surface area (Å²) in [5, 5.41) is 4.78. The number of rotatable bonds is 6. The summed E-state index contributed by atoms with van der Waals surface area (Å²) < 4.78 is 21.3. The topological polar surface area (TPSA) is 92.0 Å². The fraction of sp³-hybridized carbons (Fsp3) is 0.0571. The second-order valence-electron chi connectivity index (χ2n) is 9.61. The summed E-state index contributed by atoms with van der Waals surface area (Å²) in [5.41, 5.74) is 11.5. The Labute approximate surface area is 253 Å². The lowest BCUT2D eigenvalue weighted by Crippen LogP contribution is -2.09. The van der Waals surface area contributed by atoms with Crippen LogP contribution in [0.25, 0.3) is 24.3 Å². The number of nitrogens with one attached hydrogen (secondary N) is 1. The van der Waals surface area contributed by atoms with E-state index in [2.05, 4.69) is 5.32 Å². The van der Waals surface area contributed by atoms with E-state index in [1.54, 1.807) is 0 Å². The van der Waals surface area contributed by atoms with Gasteiger partial charge in [-0.15, -0.1) is 11.3 Å². The first kappa shape index (κ1) is 27.7. The Morgan fingerprint density at radius 3 is 1.65 bits per heavy atom. The number of nitrogen functional groups attached to an aromatic ring is 1. The van der Waals surface area contributed by atoms with Crippen LogP contribution in [0.15, 0.2) is 102 Å². The van der Waals surface area contributed by atoms with Crippen molar-refractivity contribution < 1.29 is 23.7 Å². The normalized spacial score (nSPS) is 12.7. The van der Waals surface area contributed by atoms with Crippen LogP contribution in [-0.4, -0.2) is 19.5 Å². The van der Waals surface area contributed by atoms with Crippen molar-refractivity contribution in [3.8, 4) is 23.0 Å². The highest BCUT2D eigenvalue weighted by molar-refractivity contribution is 7.12. The zero-order valence-corrected chi connectivity index (χ0v) is 23.9. The molecule has 1 amide bonds. The fourth-order valence-corrected chi connectivity index (χ4v) is 4.92. The molecule has 0 spiro atoms. The van der Waals surface area contributed by atoms with Gasteiger partial charge >= 0.3 is 0 Å². The zero-order valence-electron chi connectivity index (χ0n) is 23.1. The monoisotopic (exact) mass is 588 g/mol. The first-order valence-electron chi connectivity index (χ1n) is 13.5. The molecule has 0 saturated heterocycles. The van der Waals surface area contributed by atoms with Crippen molar-refractivity contribution in [1.29, 1.82) is 0 Å². The molecule has 0 fully saturated rings. The molecule has 43 heavy (non-hydrogen) atoms. The number of hydrogen-bond donors (Lipinski definition) is 2. The van der Waals surface area contributed by atoms with Crippen LogP contribution in [0.1, 0.15) is 31.9 Å². The lowest BCUT2D eigenvalue weighted by molar-refractivity contribution is 0.103. The Hall–Kier alpha value is -5.47. The van der Waals surface area contributed by atoms with Crippen LogP contribution in [0.5, 0.6) is 23.0 Å². The summed E-state index contributed by atoms with van der Waals surface area (Å²) >= 11 is 1.43. The van der Waals surface area contributed by atoms with Gasteiger partial charge in [0, 0.05) is 11.4 Å². The van der Waals surface area contributed by atoms with E-state index in [-0.39, 0.29) is 12.7 Å². The Kier molecular flexibility index (Phi) is 8.38. The molecule has 7 nitrogen and oxygen atoms in total. The Morgan fingerprint density at radius 1 is 0.628 bits per heavy atom. The fourth-order valence-electron chi connectivity index (χ4n) is 4.30. The molecule has 0 aliphatic carbocycles. The van der Waals surface area contributed by atoms with E-state index in [0.717, 1.165) is 56.6 Å². The summed E-state index contributed by atoms with van der Waals surface area (Å²) in [7, 11) is 0. The van der Waals surface area contributed by atoms with E-state index in [1.165, 1.54) is 11.3 Å². The molecule has 5 aromatic rings. The van der Waals surface area contributed by atoms with E-state index in [0.29, 0.717) is 11.7 Å². The third-order valence-electron chi connectivity index (χ3n) is 6.58. The van der Waals surface area contributed by atoms with Crippen molar-refractivity contribution in [2.45, 2.75) is 0 Å². The number of fused-ring (bicyclic) bond motifs is 2. The minimum Gasteiger partial charge on any atom is -0.454 e. The van der Waals surface area contributed by atoms with Crippen LogP contribution >= 0.6 is 11.3 Å². The molecule has 4 aromatic carbocycles. The zero-order chi connectivity index (χ0) is 29.4. The van der Waals surface area contributed by atoms with Crippen LogP contribution in [0.2, 0.25) is 0 Å².